The fraction of sp³-hybridized carbons (Fsp3) is 0.361. The molecule has 0 amide bonds. The molecule has 0 atom stereocenters. The van der Waals surface area contributed by atoms with Crippen LogP contribution in [0.25, 0.3) is 33.9 Å². The van der Waals surface area contributed by atoms with E-state index in [9.17, 15) is 9.59 Å². The van der Waals surface area contributed by atoms with Gasteiger partial charge in [-0.15, -0.1) is 0 Å². The quantitative estimate of drug-likeness (QED) is 0.103. The molecule has 0 aliphatic rings. The first-order valence-electron chi connectivity index (χ1n) is 15.3. The van der Waals surface area contributed by atoms with Crippen molar-refractivity contribution in [2.45, 2.75) is 72.1 Å². The maximum absolute atomic E-state index is 12.8. The maximum atomic E-state index is 12.8. The van der Waals surface area contributed by atoms with E-state index in [1.807, 2.05) is 43.3 Å². The van der Waals surface area contributed by atoms with Crippen LogP contribution in [0.3, 0.4) is 0 Å². The highest BCUT2D eigenvalue weighted by molar-refractivity contribution is 5.91. The van der Waals surface area contributed by atoms with Crippen LogP contribution in [-0.2, 0) is 9.47 Å². The minimum absolute atomic E-state index is 0.318. The number of rotatable bonds is 15. The molecule has 0 radical (unpaired) electrons. The fourth-order valence-electron chi connectivity index (χ4n) is 4.69. The monoisotopic (exact) mass is 579 g/mol. The topological polar surface area (TPSA) is 91.3 Å². The zero-order valence-corrected chi connectivity index (χ0v) is 25.5. The van der Waals surface area contributed by atoms with Gasteiger partial charge in [0.2, 0.25) is 0 Å². The molecule has 3 aromatic heterocycles. The fourth-order valence-corrected chi connectivity index (χ4v) is 4.69. The van der Waals surface area contributed by atoms with Gasteiger partial charge in [0, 0.05) is 12.4 Å². The molecule has 7 heteroatoms. The number of benzene rings is 1. The van der Waals surface area contributed by atoms with Gasteiger partial charge in [0.25, 0.3) is 0 Å². The van der Waals surface area contributed by atoms with Crippen molar-refractivity contribution >= 4 is 11.9 Å². The molecule has 1 aromatic carbocycles. The number of aromatic nitrogens is 3. The highest BCUT2D eigenvalue weighted by atomic mass is 16.5. The third-order valence-electron chi connectivity index (χ3n) is 7.18. The summed E-state index contributed by atoms with van der Waals surface area (Å²) in [6, 6.07) is 18.6. The van der Waals surface area contributed by atoms with Crippen LogP contribution in [0.2, 0.25) is 0 Å². The molecule has 0 bridgehead atoms. The lowest BCUT2D eigenvalue weighted by atomic mass is 10.0. The van der Waals surface area contributed by atoms with Gasteiger partial charge < -0.3 is 9.47 Å². The molecule has 4 aromatic rings. The second kappa shape index (κ2) is 16.3. The molecule has 0 fully saturated rings. The Hall–Kier alpha value is -4.39. The van der Waals surface area contributed by atoms with Crippen molar-refractivity contribution in [3.8, 4) is 33.9 Å². The average molecular weight is 580 g/mol. The number of carbonyl (C=O) groups is 2. The van der Waals surface area contributed by atoms with E-state index < -0.39 is 0 Å². The Balaban J connectivity index is 1.60. The summed E-state index contributed by atoms with van der Waals surface area (Å²) >= 11 is 0. The SMILES string of the molecule is CCCCCCOC(=O)c1ccc(-c2cc(-c3cc(C)ccn3)nc(-c3cc(C(=O)OCCCCCC)ccn3)c2)cc1. The highest BCUT2D eigenvalue weighted by Crippen LogP contribution is 2.30. The summed E-state index contributed by atoms with van der Waals surface area (Å²) in [4.78, 5) is 39.3. The lowest BCUT2D eigenvalue weighted by Crippen LogP contribution is -2.07. The number of esters is 2. The Morgan fingerprint density at radius 3 is 1.72 bits per heavy atom. The molecule has 0 N–H and O–H groups in total. The molecule has 3 heterocycles. The van der Waals surface area contributed by atoms with Crippen molar-refractivity contribution in [3.63, 3.8) is 0 Å². The highest BCUT2D eigenvalue weighted by Gasteiger charge is 2.15. The van der Waals surface area contributed by atoms with E-state index in [1.54, 1.807) is 36.7 Å². The molecule has 0 aliphatic carbocycles. The maximum Gasteiger partial charge on any atom is 0.338 e. The standard InChI is InChI=1S/C36H41N3O4/c1-4-6-8-10-20-42-35(40)28-14-12-27(13-15-28)30-24-33(31-22-26(3)16-18-37-31)39-34(25-30)32-23-29(17-19-38-32)36(41)43-21-11-9-7-5-2/h12-19,22-25H,4-11,20-21H2,1-3H3. The summed E-state index contributed by atoms with van der Waals surface area (Å²) < 4.78 is 11.0. The predicted molar refractivity (Wildman–Crippen MR) is 170 cm³/mol. The number of pyridine rings is 3. The second-order valence-electron chi connectivity index (χ2n) is 10.7. The average Bonchev–Trinajstić information content (AvgIpc) is 3.04. The van der Waals surface area contributed by atoms with Crippen molar-refractivity contribution in [2.24, 2.45) is 0 Å². The van der Waals surface area contributed by atoms with Crippen LogP contribution in [0.15, 0.2) is 73.1 Å². The molecule has 0 unspecified atom stereocenters. The lowest BCUT2D eigenvalue weighted by Gasteiger charge is -2.11. The van der Waals surface area contributed by atoms with Crippen molar-refractivity contribution < 1.29 is 19.1 Å². The van der Waals surface area contributed by atoms with Gasteiger partial charge in [-0.3, -0.25) is 9.97 Å². The first-order chi connectivity index (χ1) is 21.0. The van der Waals surface area contributed by atoms with Gasteiger partial charge >= 0.3 is 11.9 Å². The van der Waals surface area contributed by atoms with Crippen LogP contribution < -0.4 is 0 Å². The Labute approximate surface area is 254 Å². The lowest BCUT2D eigenvalue weighted by molar-refractivity contribution is 0.0488. The van der Waals surface area contributed by atoms with E-state index in [0.29, 0.717) is 41.4 Å². The number of hydrogen-bond donors (Lipinski definition) is 0. The van der Waals surface area contributed by atoms with Gasteiger partial charge in [0.15, 0.2) is 0 Å². The van der Waals surface area contributed by atoms with E-state index in [0.717, 1.165) is 73.8 Å². The molecular weight excluding hydrogens is 538 g/mol. The molecule has 0 saturated heterocycles. The van der Waals surface area contributed by atoms with E-state index in [2.05, 4.69) is 23.8 Å². The summed E-state index contributed by atoms with van der Waals surface area (Å²) in [5.41, 5.74) is 6.36. The van der Waals surface area contributed by atoms with Crippen LogP contribution in [-0.4, -0.2) is 40.1 Å². The summed E-state index contributed by atoms with van der Waals surface area (Å²) in [6.07, 6.45) is 11.7. The summed E-state index contributed by atoms with van der Waals surface area (Å²) in [7, 11) is 0. The van der Waals surface area contributed by atoms with Gasteiger partial charge in [0.1, 0.15) is 0 Å². The zero-order valence-electron chi connectivity index (χ0n) is 25.5. The van der Waals surface area contributed by atoms with Crippen LogP contribution in [0.4, 0.5) is 0 Å². The van der Waals surface area contributed by atoms with Gasteiger partial charge in [-0.25, -0.2) is 14.6 Å². The van der Waals surface area contributed by atoms with Crippen molar-refractivity contribution in [2.75, 3.05) is 13.2 Å². The first kappa shape index (κ1) is 31.5. The largest absolute Gasteiger partial charge is 0.462 e. The molecule has 224 valence electrons. The Morgan fingerprint density at radius 2 is 1.14 bits per heavy atom. The number of aryl methyl sites for hydroxylation is 1. The molecule has 4 rings (SSSR count). The number of unbranched alkanes of at least 4 members (excludes halogenated alkanes) is 6. The number of hydrogen-bond acceptors (Lipinski definition) is 7. The molecule has 43 heavy (non-hydrogen) atoms. The van der Waals surface area contributed by atoms with E-state index >= 15 is 0 Å². The second-order valence-corrected chi connectivity index (χ2v) is 10.7. The van der Waals surface area contributed by atoms with Crippen LogP contribution >= 0.6 is 0 Å². The van der Waals surface area contributed by atoms with E-state index in [1.165, 1.54) is 0 Å². The third kappa shape index (κ3) is 9.30. The van der Waals surface area contributed by atoms with Gasteiger partial charge in [0.05, 0.1) is 47.1 Å². The molecule has 7 nitrogen and oxygen atoms in total. The number of nitrogens with zero attached hydrogens (tertiary/aromatic N) is 3. The van der Waals surface area contributed by atoms with E-state index in [4.69, 9.17) is 14.5 Å². The van der Waals surface area contributed by atoms with E-state index in [-0.39, 0.29) is 11.9 Å². The minimum Gasteiger partial charge on any atom is -0.462 e. The molecule has 0 aliphatic heterocycles. The van der Waals surface area contributed by atoms with Gasteiger partial charge in [-0.1, -0.05) is 64.5 Å². The minimum atomic E-state index is -0.371. The van der Waals surface area contributed by atoms with Crippen LogP contribution in [0, 0.1) is 6.92 Å². The van der Waals surface area contributed by atoms with Gasteiger partial charge in [-0.2, -0.15) is 0 Å². The zero-order chi connectivity index (χ0) is 30.4. The molecule has 0 spiro atoms. The first-order valence-corrected chi connectivity index (χ1v) is 15.3. The van der Waals surface area contributed by atoms with Crippen molar-refractivity contribution in [3.05, 3.63) is 89.7 Å². The van der Waals surface area contributed by atoms with Crippen molar-refractivity contribution in [1.82, 2.24) is 15.0 Å². The smallest absolute Gasteiger partial charge is 0.338 e. The predicted octanol–water partition coefficient (Wildman–Crippen LogP) is 8.66. The Morgan fingerprint density at radius 1 is 0.581 bits per heavy atom. The summed E-state index contributed by atoms with van der Waals surface area (Å²) in [5.74, 6) is -0.689. The van der Waals surface area contributed by atoms with Crippen molar-refractivity contribution in [1.29, 1.82) is 0 Å². The third-order valence-corrected chi connectivity index (χ3v) is 7.18. The molecular formula is C36H41N3O4. The number of carbonyl (C=O) groups excluding carboxylic acids is 2. The normalized spacial score (nSPS) is 10.9. The number of ether oxygens (including phenoxy) is 2. The summed E-state index contributed by atoms with van der Waals surface area (Å²) in [5, 5.41) is 0. The molecule has 0 saturated carbocycles. The van der Waals surface area contributed by atoms with Gasteiger partial charge in [-0.05, 0) is 85.0 Å². The Kier molecular flexibility index (Phi) is 12.0. The van der Waals surface area contributed by atoms with Crippen LogP contribution in [0.5, 0.6) is 0 Å². The Bertz CT molecular complexity index is 1500. The van der Waals surface area contributed by atoms with Crippen LogP contribution in [0.1, 0.15) is 91.5 Å². The summed E-state index contributed by atoms with van der Waals surface area (Å²) in [6.45, 7) is 7.14.